The lowest BCUT2D eigenvalue weighted by atomic mass is 10.1. The monoisotopic (exact) mass is 518 g/mol. The van der Waals surface area contributed by atoms with Crippen LogP contribution < -0.4 is 14.8 Å². The number of imide groups is 1. The molecule has 37 heavy (non-hydrogen) atoms. The Morgan fingerprint density at radius 3 is 2.22 bits per heavy atom. The first-order valence-corrected chi connectivity index (χ1v) is 12.8. The zero-order chi connectivity index (χ0) is 26.4. The zero-order valence-corrected chi connectivity index (χ0v) is 22.2. The van der Waals surface area contributed by atoms with Gasteiger partial charge in [0.2, 0.25) is 0 Å². The van der Waals surface area contributed by atoms with Crippen molar-refractivity contribution in [3.63, 3.8) is 0 Å². The Balaban J connectivity index is 1.53. The number of thioether (sulfide) groups is 1. The normalized spacial score (nSPS) is 13.4. The van der Waals surface area contributed by atoms with Crippen LogP contribution >= 0.6 is 11.8 Å². The molecule has 9 heteroatoms. The molecule has 2 heterocycles. The van der Waals surface area contributed by atoms with E-state index in [0.29, 0.717) is 47.5 Å². The van der Waals surface area contributed by atoms with Gasteiger partial charge in [-0.2, -0.15) is 0 Å². The molecule has 0 saturated heterocycles. The van der Waals surface area contributed by atoms with Crippen molar-refractivity contribution in [3.8, 4) is 11.5 Å². The Labute approximate surface area is 221 Å². The summed E-state index contributed by atoms with van der Waals surface area (Å²) < 4.78 is 10.7. The summed E-state index contributed by atoms with van der Waals surface area (Å²) in [6.07, 6.45) is 1.20. The molecule has 1 aromatic heterocycles. The molecule has 8 nitrogen and oxygen atoms in total. The molecule has 3 aromatic rings. The van der Waals surface area contributed by atoms with E-state index in [2.05, 4.69) is 15.3 Å². The number of rotatable bonds is 11. The Bertz CT molecular complexity index is 1310. The van der Waals surface area contributed by atoms with Crippen LogP contribution in [-0.4, -0.2) is 54.0 Å². The summed E-state index contributed by atoms with van der Waals surface area (Å²) in [6.45, 7) is 4.50. The van der Waals surface area contributed by atoms with E-state index in [0.717, 1.165) is 34.3 Å². The summed E-state index contributed by atoms with van der Waals surface area (Å²) in [7, 11) is 3.19. The van der Waals surface area contributed by atoms with Crippen molar-refractivity contribution in [2.75, 3.05) is 27.3 Å². The smallest absolute Gasteiger partial charge is 0.278 e. The summed E-state index contributed by atoms with van der Waals surface area (Å²) >= 11 is 1.13. The van der Waals surface area contributed by atoms with E-state index in [1.807, 2.05) is 68.4 Å². The van der Waals surface area contributed by atoms with Crippen molar-refractivity contribution in [3.05, 3.63) is 87.7 Å². The standard InChI is InChI=1S/C28H30N4O4S/c1-18-16-19(2)31-28(30-18)37-25-24(29-14-12-21-10-11-22(35-3)23(17-21)36-4)26(33)32(27(25)34)15-13-20-8-6-5-7-9-20/h5-11,16-17,29H,12-15H2,1-4H3. The predicted octanol–water partition coefficient (Wildman–Crippen LogP) is 3.86. The van der Waals surface area contributed by atoms with Gasteiger partial charge in [0, 0.05) is 24.5 Å². The molecule has 1 aliphatic rings. The molecule has 1 aliphatic heterocycles. The third kappa shape index (κ3) is 6.29. The van der Waals surface area contributed by atoms with Crippen molar-refractivity contribution in [1.82, 2.24) is 20.2 Å². The molecular formula is C28H30N4O4S. The van der Waals surface area contributed by atoms with E-state index in [1.54, 1.807) is 14.2 Å². The first kappa shape index (κ1) is 26.2. The molecule has 0 atom stereocenters. The van der Waals surface area contributed by atoms with Crippen molar-refractivity contribution in [2.24, 2.45) is 0 Å². The predicted molar refractivity (Wildman–Crippen MR) is 143 cm³/mol. The summed E-state index contributed by atoms with van der Waals surface area (Å²) in [5, 5.41) is 3.67. The number of aryl methyl sites for hydroxylation is 2. The Morgan fingerprint density at radius 1 is 0.838 bits per heavy atom. The third-order valence-corrected chi connectivity index (χ3v) is 6.86. The first-order chi connectivity index (χ1) is 17.9. The molecule has 0 saturated carbocycles. The maximum atomic E-state index is 13.4. The highest BCUT2D eigenvalue weighted by Gasteiger charge is 2.39. The van der Waals surface area contributed by atoms with Crippen LogP contribution in [0.25, 0.3) is 0 Å². The summed E-state index contributed by atoms with van der Waals surface area (Å²) in [6, 6.07) is 17.4. The van der Waals surface area contributed by atoms with Gasteiger partial charge in [0.15, 0.2) is 16.7 Å². The fourth-order valence-electron chi connectivity index (χ4n) is 4.09. The zero-order valence-electron chi connectivity index (χ0n) is 21.4. The largest absolute Gasteiger partial charge is 0.493 e. The minimum absolute atomic E-state index is 0.284. The van der Waals surface area contributed by atoms with Gasteiger partial charge in [-0.25, -0.2) is 9.97 Å². The van der Waals surface area contributed by atoms with E-state index in [9.17, 15) is 9.59 Å². The molecule has 0 bridgehead atoms. The van der Waals surface area contributed by atoms with Gasteiger partial charge in [-0.05, 0) is 67.8 Å². The highest BCUT2D eigenvalue weighted by Crippen LogP contribution is 2.33. The number of ether oxygens (including phenoxy) is 2. The van der Waals surface area contributed by atoms with Gasteiger partial charge >= 0.3 is 0 Å². The van der Waals surface area contributed by atoms with E-state index in [4.69, 9.17) is 9.47 Å². The molecule has 0 aliphatic carbocycles. The minimum Gasteiger partial charge on any atom is -0.493 e. The molecule has 4 rings (SSSR count). The quantitative estimate of drug-likeness (QED) is 0.302. The first-order valence-electron chi connectivity index (χ1n) is 12.0. The molecule has 2 aromatic carbocycles. The van der Waals surface area contributed by atoms with Crippen molar-refractivity contribution < 1.29 is 19.1 Å². The van der Waals surface area contributed by atoms with E-state index >= 15 is 0 Å². The lowest BCUT2D eigenvalue weighted by Crippen LogP contribution is -2.35. The molecule has 0 spiro atoms. The van der Waals surface area contributed by atoms with Crippen LogP contribution in [0.15, 0.2) is 70.4 Å². The summed E-state index contributed by atoms with van der Waals surface area (Å²) in [5.74, 6) is 0.628. The number of hydrogen-bond donors (Lipinski definition) is 1. The van der Waals surface area contributed by atoms with Crippen LogP contribution in [0.4, 0.5) is 0 Å². The van der Waals surface area contributed by atoms with Gasteiger partial charge < -0.3 is 14.8 Å². The molecular weight excluding hydrogens is 488 g/mol. The third-order valence-electron chi connectivity index (χ3n) is 5.91. The van der Waals surface area contributed by atoms with Gasteiger partial charge in [-0.15, -0.1) is 0 Å². The number of nitrogens with zero attached hydrogens (tertiary/aromatic N) is 3. The van der Waals surface area contributed by atoms with Gasteiger partial charge in [0.05, 0.1) is 14.2 Å². The van der Waals surface area contributed by atoms with Crippen molar-refractivity contribution in [1.29, 1.82) is 0 Å². The number of aromatic nitrogens is 2. The van der Waals surface area contributed by atoms with Gasteiger partial charge in [-0.1, -0.05) is 36.4 Å². The van der Waals surface area contributed by atoms with Gasteiger partial charge in [-0.3, -0.25) is 14.5 Å². The van der Waals surface area contributed by atoms with Crippen LogP contribution in [-0.2, 0) is 22.4 Å². The number of carbonyl (C=O) groups excluding carboxylic acids is 2. The molecule has 192 valence electrons. The lowest BCUT2D eigenvalue weighted by molar-refractivity contribution is -0.137. The maximum Gasteiger partial charge on any atom is 0.278 e. The number of amides is 2. The van der Waals surface area contributed by atoms with E-state index in [1.165, 1.54) is 4.90 Å². The number of nitrogens with one attached hydrogen (secondary N) is 1. The highest BCUT2D eigenvalue weighted by atomic mass is 32.2. The fourth-order valence-corrected chi connectivity index (χ4v) is 5.11. The van der Waals surface area contributed by atoms with E-state index in [-0.39, 0.29) is 17.5 Å². The maximum absolute atomic E-state index is 13.4. The van der Waals surface area contributed by atoms with Crippen molar-refractivity contribution >= 4 is 23.6 Å². The van der Waals surface area contributed by atoms with Crippen LogP contribution in [0.1, 0.15) is 22.5 Å². The molecule has 0 radical (unpaired) electrons. The highest BCUT2D eigenvalue weighted by molar-refractivity contribution is 8.04. The van der Waals surface area contributed by atoms with Crippen LogP contribution in [0, 0.1) is 13.8 Å². The fraction of sp³-hybridized carbons (Fsp3) is 0.286. The Hall–Kier alpha value is -3.85. The molecule has 0 unspecified atom stereocenters. The number of benzene rings is 2. The number of carbonyl (C=O) groups is 2. The SMILES string of the molecule is COc1ccc(CCNC2=C(Sc3nc(C)cc(C)n3)C(=O)N(CCc3ccccc3)C2=O)cc1OC. The van der Waals surface area contributed by atoms with E-state index < -0.39 is 0 Å². The summed E-state index contributed by atoms with van der Waals surface area (Å²) in [4.78, 5) is 37.3. The molecule has 0 fully saturated rings. The Kier molecular flexibility index (Phi) is 8.45. The average molecular weight is 519 g/mol. The number of hydrogen-bond acceptors (Lipinski definition) is 8. The van der Waals surface area contributed by atoms with Crippen LogP contribution in [0.3, 0.4) is 0 Å². The Morgan fingerprint density at radius 2 is 1.54 bits per heavy atom. The molecule has 2 amide bonds. The summed E-state index contributed by atoms with van der Waals surface area (Å²) in [5.41, 5.74) is 3.96. The second-order valence-corrected chi connectivity index (χ2v) is 9.58. The second kappa shape index (κ2) is 11.9. The topological polar surface area (TPSA) is 93.6 Å². The average Bonchev–Trinajstić information content (AvgIpc) is 3.10. The molecule has 1 N–H and O–H groups in total. The lowest BCUT2D eigenvalue weighted by Gasteiger charge is -2.15. The number of methoxy groups -OCH3 is 2. The van der Waals surface area contributed by atoms with Crippen LogP contribution in [0.5, 0.6) is 11.5 Å². The minimum atomic E-state index is -0.333. The second-order valence-electron chi connectivity index (χ2n) is 8.60. The van der Waals surface area contributed by atoms with Crippen molar-refractivity contribution in [2.45, 2.75) is 31.8 Å². The van der Waals surface area contributed by atoms with Crippen LogP contribution in [0.2, 0.25) is 0 Å². The van der Waals surface area contributed by atoms with Gasteiger partial charge in [0.1, 0.15) is 10.6 Å². The van der Waals surface area contributed by atoms with Gasteiger partial charge in [0.25, 0.3) is 11.8 Å².